The summed E-state index contributed by atoms with van der Waals surface area (Å²) in [6, 6.07) is 0.870. The predicted molar refractivity (Wildman–Crippen MR) is 92.0 cm³/mol. The van der Waals surface area contributed by atoms with E-state index in [9.17, 15) is 9.59 Å². The van der Waals surface area contributed by atoms with Gasteiger partial charge in [-0.15, -0.1) is 0 Å². The topological polar surface area (TPSA) is 52.7 Å². The second-order valence-corrected chi connectivity index (χ2v) is 8.48. The van der Waals surface area contributed by atoms with Crippen molar-refractivity contribution >= 4 is 11.8 Å². The minimum absolute atomic E-state index is 0.0477. The minimum atomic E-state index is -0.372. The smallest absolute Gasteiger partial charge is 0.227 e. The van der Waals surface area contributed by atoms with Crippen molar-refractivity contribution in [1.29, 1.82) is 0 Å². The summed E-state index contributed by atoms with van der Waals surface area (Å²) in [4.78, 5) is 29.2. The molecule has 1 aliphatic heterocycles. The fraction of sp³-hybridized carbons (Fsp3) is 0.889. The maximum atomic E-state index is 12.6. The maximum Gasteiger partial charge on any atom is 0.227 e. The molecule has 1 saturated carbocycles. The zero-order valence-corrected chi connectivity index (χ0v) is 15.4. The van der Waals surface area contributed by atoms with Crippen LogP contribution in [0.15, 0.2) is 0 Å². The van der Waals surface area contributed by atoms with Crippen molar-refractivity contribution in [3.05, 3.63) is 0 Å². The predicted octanol–water partition coefficient (Wildman–Crippen LogP) is 1.87. The number of rotatable bonds is 3. The van der Waals surface area contributed by atoms with Crippen LogP contribution in [-0.2, 0) is 9.59 Å². The largest absolute Gasteiger partial charge is 0.353 e. The van der Waals surface area contributed by atoms with E-state index in [2.05, 4.69) is 24.3 Å². The van der Waals surface area contributed by atoms with Crippen LogP contribution in [0.1, 0.15) is 52.9 Å². The van der Waals surface area contributed by atoms with Crippen LogP contribution in [0.3, 0.4) is 0 Å². The first-order valence-electron chi connectivity index (χ1n) is 8.94. The summed E-state index contributed by atoms with van der Waals surface area (Å²) < 4.78 is 0. The van der Waals surface area contributed by atoms with E-state index < -0.39 is 0 Å². The van der Waals surface area contributed by atoms with Crippen molar-refractivity contribution in [2.45, 2.75) is 65.0 Å². The molecule has 1 N–H and O–H groups in total. The van der Waals surface area contributed by atoms with Crippen molar-refractivity contribution in [1.82, 2.24) is 15.1 Å². The van der Waals surface area contributed by atoms with Gasteiger partial charge in [0.15, 0.2) is 0 Å². The SMILES string of the molecule is CN(C)C1CCC(NC(=O)C2CCCN(C(=O)C(C)(C)C)C2)C1. The number of likely N-dealkylation sites (tertiary alicyclic amines) is 1. The number of hydrogen-bond donors (Lipinski definition) is 1. The van der Waals surface area contributed by atoms with Gasteiger partial charge in [0.05, 0.1) is 5.92 Å². The maximum absolute atomic E-state index is 12.6. The normalized spacial score (nSPS) is 29.0. The lowest BCUT2D eigenvalue weighted by atomic mass is 9.90. The van der Waals surface area contributed by atoms with E-state index in [1.165, 1.54) is 0 Å². The third-order valence-corrected chi connectivity index (χ3v) is 5.20. The first kappa shape index (κ1) is 18.2. The number of hydrogen-bond acceptors (Lipinski definition) is 3. The molecule has 0 radical (unpaired) electrons. The van der Waals surface area contributed by atoms with Gasteiger partial charge in [0.25, 0.3) is 0 Å². The lowest BCUT2D eigenvalue weighted by Gasteiger charge is -2.36. The number of carbonyl (C=O) groups excluding carboxylic acids is 2. The Bertz CT molecular complexity index is 442. The summed E-state index contributed by atoms with van der Waals surface area (Å²) in [6.45, 7) is 7.19. The van der Waals surface area contributed by atoms with E-state index in [0.29, 0.717) is 18.6 Å². The number of amides is 2. The van der Waals surface area contributed by atoms with Gasteiger partial charge in [-0.05, 0) is 46.2 Å². The van der Waals surface area contributed by atoms with E-state index in [0.717, 1.165) is 38.6 Å². The Morgan fingerprint density at radius 3 is 2.39 bits per heavy atom. The van der Waals surface area contributed by atoms with Crippen molar-refractivity contribution in [2.24, 2.45) is 11.3 Å². The van der Waals surface area contributed by atoms with Crippen LogP contribution in [0.4, 0.5) is 0 Å². The zero-order chi connectivity index (χ0) is 17.2. The van der Waals surface area contributed by atoms with Crippen LogP contribution in [0.2, 0.25) is 0 Å². The third-order valence-electron chi connectivity index (χ3n) is 5.20. The molecule has 3 atom stereocenters. The molecule has 0 aromatic carbocycles. The summed E-state index contributed by atoms with van der Waals surface area (Å²) >= 11 is 0. The molecular weight excluding hydrogens is 290 g/mol. The molecule has 1 heterocycles. The molecule has 1 saturated heterocycles. The molecule has 2 fully saturated rings. The molecule has 0 aromatic heterocycles. The van der Waals surface area contributed by atoms with Crippen LogP contribution in [0.5, 0.6) is 0 Å². The molecule has 23 heavy (non-hydrogen) atoms. The van der Waals surface area contributed by atoms with Crippen LogP contribution >= 0.6 is 0 Å². The highest BCUT2D eigenvalue weighted by Crippen LogP contribution is 2.26. The van der Waals surface area contributed by atoms with Gasteiger partial charge < -0.3 is 15.1 Å². The van der Waals surface area contributed by atoms with Crippen molar-refractivity contribution in [2.75, 3.05) is 27.2 Å². The van der Waals surface area contributed by atoms with E-state index >= 15 is 0 Å². The quantitative estimate of drug-likeness (QED) is 0.863. The van der Waals surface area contributed by atoms with Crippen molar-refractivity contribution < 1.29 is 9.59 Å². The number of piperidine rings is 1. The van der Waals surface area contributed by atoms with E-state index in [4.69, 9.17) is 0 Å². The van der Waals surface area contributed by atoms with Gasteiger partial charge in [0, 0.05) is 30.6 Å². The molecule has 132 valence electrons. The van der Waals surface area contributed by atoms with Crippen LogP contribution < -0.4 is 5.32 Å². The van der Waals surface area contributed by atoms with Gasteiger partial charge in [-0.1, -0.05) is 20.8 Å². The molecule has 2 amide bonds. The van der Waals surface area contributed by atoms with Crippen LogP contribution in [-0.4, -0.2) is 60.9 Å². The molecule has 0 spiro atoms. The lowest BCUT2D eigenvalue weighted by Crippen LogP contribution is -2.49. The summed E-state index contributed by atoms with van der Waals surface area (Å²) in [7, 11) is 4.21. The van der Waals surface area contributed by atoms with E-state index in [-0.39, 0.29) is 23.1 Å². The zero-order valence-electron chi connectivity index (χ0n) is 15.4. The van der Waals surface area contributed by atoms with Gasteiger partial charge in [-0.2, -0.15) is 0 Å². The fourth-order valence-corrected chi connectivity index (χ4v) is 3.73. The summed E-state index contributed by atoms with van der Waals surface area (Å²) in [5, 5.41) is 3.23. The van der Waals surface area contributed by atoms with Crippen molar-refractivity contribution in [3.8, 4) is 0 Å². The molecule has 2 rings (SSSR count). The Kier molecular flexibility index (Phi) is 5.71. The Hall–Kier alpha value is -1.10. The second kappa shape index (κ2) is 7.20. The van der Waals surface area contributed by atoms with Gasteiger partial charge in [0.2, 0.25) is 11.8 Å². The highest BCUT2D eigenvalue weighted by Gasteiger charge is 2.35. The molecule has 5 nitrogen and oxygen atoms in total. The van der Waals surface area contributed by atoms with Gasteiger partial charge in [0.1, 0.15) is 0 Å². The average Bonchev–Trinajstić information content (AvgIpc) is 2.94. The molecule has 5 heteroatoms. The van der Waals surface area contributed by atoms with Crippen LogP contribution in [0, 0.1) is 11.3 Å². The second-order valence-electron chi connectivity index (χ2n) is 8.48. The molecule has 0 bridgehead atoms. The highest BCUT2D eigenvalue weighted by atomic mass is 16.2. The first-order chi connectivity index (χ1) is 10.7. The molecule has 2 aliphatic rings. The Morgan fingerprint density at radius 2 is 1.83 bits per heavy atom. The Balaban J connectivity index is 1.86. The number of carbonyl (C=O) groups is 2. The highest BCUT2D eigenvalue weighted by molar-refractivity contribution is 5.84. The first-order valence-corrected chi connectivity index (χ1v) is 8.94. The average molecular weight is 323 g/mol. The standard InChI is InChI=1S/C18H33N3O2/c1-18(2,3)17(23)21-10-6-7-13(12-21)16(22)19-14-8-9-15(11-14)20(4)5/h13-15H,6-12H2,1-5H3,(H,19,22). The fourth-order valence-electron chi connectivity index (χ4n) is 3.73. The Morgan fingerprint density at radius 1 is 1.13 bits per heavy atom. The van der Waals surface area contributed by atoms with Crippen LogP contribution in [0.25, 0.3) is 0 Å². The van der Waals surface area contributed by atoms with Gasteiger partial charge in [-0.3, -0.25) is 9.59 Å². The summed E-state index contributed by atoms with van der Waals surface area (Å²) in [6.07, 6.45) is 5.06. The third kappa shape index (κ3) is 4.69. The van der Waals surface area contributed by atoms with Gasteiger partial charge in [-0.25, -0.2) is 0 Å². The Labute approximate surface area is 140 Å². The summed E-state index contributed by atoms with van der Waals surface area (Å²) in [5.74, 6) is 0.248. The van der Waals surface area contributed by atoms with Crippen molar-refractivity contribution in [3.63, 3.8) is 0 Å². The molecular formula is C18H33N3O2. The number of nitrogens with one attached hydrogen (secondary N) is 1. The monoisotopic (exact) mass is 323 g/mol. The van der Waals surface area contributed by atoms with E-state index in [1.807, 2.05) is 25.7 Å². The summed E-state index contributed by atoms with van der Waals surface area (Å²) in [5.41, 5.74) is -0.372. The molecule has 1 aliphatic carbocycles. The lowest BCUT2D eigenvalue weighted by molar-refractivity contribution is -0.142. The van der Waals surface area contributed by atoms with Gasteiger partial charge >= 0.3 is 0 Å². The van der Waals surface area contributed by atoms with E-state index in [1.54, 1.807) is 0 Å². The minimum Gasteiger partial charge on any atom is -0.353 e. The molecule has 3 unspecified atom stereocenters. The number of nitrogens with zero attached hydrogens (tertiary/aromatic N) is 2. The molecule has 0 aromatic rings.